The molecule has 0 radical (unpaired) electrons. The van der Waals surface area contributed by atoms with Gasteiger partial charge in [-0.2, -0.15) is 0 Å². The average Bonchev–Trinajstić information content (AvgIpc) is 2.86. The zero-order valence-corrected chi connectivity index (χ0v) is 12.7. The Hall–Kier alpha value is -2.15. The molecule has 2 N–H and O–H groups in total. The summed E-state index contributed by atoms with van der Waals surface area (Å²) < 4.78 is 0. The van der Waals surface area contributed by atoms with Crippen molar-refractivity contribution in [3.8, 4) is 0 Å². The highest BCUT2D eigenvalue weighted by molar-refractivity contribution is 7.14. The van der Waals surface area contributed by atoms with Crippen LogP contribution < -0.4 is 15.5 Å². The van der Waals surface area contributed by atoms with Crippen molar-refractivity contribution in [3.05, 3.63) is 28.9 Å². The van der Waals surface area contributed by atoms with Gasteiger partial charge in [0.15, 0.2) is 0 Å². The summed E-state index contributed by atoms with van der Waals surface area (Å²) in [5.41, 5.74) is 2.12. The number of anilines is 3. The molecule has 6 nitrogen and oxygen atoms in total. The van der Waals surface area contributed by atoms with E-state index in [0.29, 0.717) is 11.6 Å². The topological polar surface area (TPSA) is 70.2 Å². The van der Waals surface area contributed by atoms with E-state index in [-0.39, 0.29) is 6.03 Å². The van der Waals surface area contributed by atoms with Gasteiger partial charge in [0.05, 0.1) is 22.1 Å². The van der Waals surface area contributed by atoms with E-state index in [1.54, 1.807) is 0 Å². The van der Waals surface area contributed by atoms with E-state index in [0.717, 1.165) is 16.4 Å². The molecule has 0 bridgehead atoms. The Morgan fingerprint density at radius 2 is 1.85 bits per heavy atom. The fourth-order valence-electron chi connectivity index (χ4n) is 1.69. The van der Waals surface area contributed by atoms with Gasteiger partial charge in [0, 0.05) is 14.1 Å². The van der Waals surface area contributed by atoms with Crippen molar-refractivity contribution in [2.24, 2.45) is 0 Å². The molecule has 0 aliphatic carbocycles. The molecule has 0 unspecified atom stereocenters. The first-order valence-corrected chi connectivity index (χ1v) is 6.99. The molecule has 2 rings (SSSR count). The zero-order chi connectivity index (χ0) is 14.7. The van der Waals surface area contributed by atoms with Crippen LogP contribution in [0, 0.1) is 13.8 Å². The second-order valence-corrected chi connectivity index (χ2v) is 5.47. The minimum Gasteiger partial charge on any atom is -0.347 e. The summed E-state index contributed by atoms with van der Waals surface area (Å²) in [6, 6.07) is 3.43. The summed E-state index contributed by atoms with van der Waals surface area (Å²) in [6.45, 7) is 3.70. The van der Waals surface area contributed by atoms with Crippen LogP contribution in [0.4, 0.5) is 21.4 Å². The number of amides is 2. The van der Waals surface area contributed by atoms with Crippen LogP contribution in [0.1, 0.15) is 11.4 Å². The van der Waals surface area contributed by atoms with Crippen LogP contribution in [-0.4, -0.2) is 30.1 Å². The number of aromatic nitrogens is 2. The van der Waals surface area contributed by atoms with Gasteiger partial charge in [-0.3, -0.25) is 5.32 Å². The van der Waals surface area contributed by atoms with Crippen molar-refractivity contribution in [2.45, 2.75) is 13.8 Å². The SMILES string of the molecule is Cc1nc(N(C)C)nc(C)c1NC(=O)Nc1cccs1. The molecule has 2 aromatic rings. The van der Waals surface area contributed by atoms with E-state index in [4.69, 9.17) is 0 Å². The summed E-state index contributed by atoms with van der Waals surface area (Å²) in [7, 11) is 3.76. The quantitative estimate of drug-likeness (QED) is 0.912. The number of thiophene rings is 1. The van der Waals surface area contributed by atoms with Crippen molar-refractivity contribution in [1.29, 1.82) is 0 Å². The Morgan fingerprint density at radius 1 is 1.20 bits per heavy atom. The molecule has 0 atom stereocenters. The lowest BCUT2D eigenvalue weighted by atomic mass is 10.3. The standard InChI is InChI=1S/C13H17N5OS/c1-8-11(9(2)15-12(14-8)18(3)4)17-13(19)16-10-6-5-7-20-10/h5-7H,1-4H3,(H2,16,17,19). The average molecular weight is 291 g/mol. The number of nitrogens with one attached hydrogen (secondary N) is 2. The Bertz CT molecular complexity index is 586. The number of carbonyl (C=O) groups is 1. The molecule has 0 spiro atoms. The first-order valence-electron chi connectivity index (χ1n) is 6.11. The van der Waals surface area contributed by atoms with Crippen molar-refractivity contribution >= 4 is 34.0 Å². The largest absolute Gasteiger partial charge is 0.347 e. The molecule has 2 amide bonds. The van der Waals surface area contributed by atoms with Gasteiger partial charge in [0.25, 0.3) is 0 Å². The Morgan fingerprint density at radius 3 is 2.35 bits per heavy atom. The minimum absolute atomic E-state index is 0.292. The maximum atomic E-state index is 11.9. The first kappa shape index (κ1) is 14.3. The molecular formula is C13H17N5OS. The number of urea groups is 1. The lowest BCUT2D eigenvalue weighted by Gasteiger charge is -2.15. The van der Waals surface area contributed by atoms with Crippen molar-refractivity contribution in [2.75, 3.05) is 29.6 Å². The van der Waals surface area contributed by atoms with Crippen LogP contribution in [0.2, 0.25) is 0 Å². The van der Waals surface area contributed by atoms with Crippen LogP contribution >= 0.6 is 11.3 Å². The van der Waals surface area contributed by atoms with Crippen molar-refractivity contribution < 1.29 is 4.79 Å². The van der Waals surface area contributed by atoms with E-state index in [1.807, 2.05) is 50.4 Å². The van der Waals surface area contributed by atoms with E-state index < -0.39 is 0 Å². The van der Waals surface area contributed by atoms with E-state index in [1.165, 1.54) is 11.3 Å². The predicted octanol–water partition coefficient (Wildman–Crippen LogP) is 2.86. The van der Waals surface area contributed by atoms with Crippen LogP contribution in [-0.2, 0) is 0 Å². The minimum atomic E-state index is -0.292. The Labute approximate surface area is 121 Å². The molecule has 0 fully saturated rings. The fraction of sp³-hybridized carbons (Fsp3) is 0.308. The summed E-state index contributed by atoms with van der Waals surface area (Å²) in [4.78, 5) is 22.5. The predicted molar refractivity (Wildman–Crippen MR) is 82.8 cm³/mol. The molecule has 0 saturated heterocycles. The third-order valence-corrected chi connectivity index (χ3v) is 3.44. The van der Waals surface area contributed by atoms with Gasteiger partial charge in [0.1, 0.15) is 0 Å². The van der Waals surface area contributed by atoms with Crippen molar-refractivity contribution in [3.63, 3.8) is 0 Å². The molecule has 0 aromatic carbocycles. The normalized spacial score (nSPS) is 10.2. The highest BCUT2D eigenvalue weighted by Crippen LogP contribution is 2.20. The van der Waals surface area contributed by atoms with Crippen molar-refractivity contribution in [1.82, 2.24) is 9.97 Å². The summed E-state index contributed by atoms with van der Waals surface area (Å²) in [5, 5.41) is 8.26. The van der Waals surface area contributed by atoms with Gasteiger partial charge in [-0.05, 0) is 31.4 Å². The van der Waals surface area contributed by atoms with Gasteiger partial charge < -0.3 is 10.2 Å². The molecule has 0 saturated carbocycles. The smallest absolute Gasteiger partial charge is 0.324 e. The number of rotatable bonds is 3. The summed E-state index contributed by atoms with van der Waals surface area (Å²) in [5.74, 6) is 0.629. The van der Waals surface area contributed by atoms with Gasteiger partial charge in [0.2, 0.25) is 5.95 Å². The first-order chi connectivity index (χ1) is 9.47. The second kappa shape index (κ2) is 5.87. The van der Waals surface area contributed by atoms with E-state index in [2.05, 4.69) is 20.6 Å². The number of carbonyl (C=O) groups excluding carboxylic acids is 1. The molecule has 0 aliphatic heterocycles. The lowest BCUT2D eigenvalue weighted by molar-refractivity contribution is 0.262. The van der Waals surface area contributed by atoms with Crippen LogP contribution in [0.3, 0.4) is 0 Å². The van der Waals surface area contributed by atoms with Crippen LogP contribution in [0.15, 0.2) is 17.5 Å². The van der Waals surface area contributed by atoms with E-state index in [9.17, 15) is 4.79 Å². The van der Waals surface area contributed by atoms with Gasteiger partial charge in [-0.25, -0.2) is 14.8 Å². The Balaban J connectivity index is 2.15. The third-order valence-electron chi connectivity index (χ3n) is 2.66. The maximum Gasteiger partial charge on any atom is 0.324 e. The zero-order valence-electron chi connectivity index (χ0n) is 11.9. The highest BCUT2D eigenvalue weighted by atomic mass is 32.1. The highest BCUT2D eigenvalue weighted by Gasteiger charge is 2.12. The monoisotopic (exact) mass is 291 g/mol. The molecular weight excluding hydrogens is 274 g/mol. The van der Waals surface area contributed by atoms with Gasteiger partial charge >= 0.3 is 6.03 Å². The number of hydrogen-bond acceptors (Lipinski definition) is 5. The third kappa shape index (κ3) is 3.24. The van der Waals surface area contributed by atoms with Crippen LogP contribution in [0.5, 0.6) is 0 Å². The number of aryl methyl sites for hydroxylation is 2. The van der Waals surface area contributed by atoms with Gasteiger partial charge in [-0.15, -0.1) is 11.3 Å². The summed E-state index contributed by atoms with van der Waals surface area (Å²) in [6.07, 6.45) is 0. The fourth-order valence-corrected chi connectivity index (χ4v) is 2.30. The molecule has 2 heterocycles. The molecule has 7 heteroatoms. The second-order valence-electron chi connectivity index (χ2n) is 4.52. The molecule has 2 aromatic heterocycles. The number of hydrogen-bond donors (Lipinski definition) is 2. The molecule has 20 heavy (non-hydrogen) atoms. The number of nitrogens with zero attached hydrogens (tertiary/aromatic N) is 3. The van der Waals surface area contributed by atoms with Crippen LogP contribution in [0.25, 0.3) is 0 Å². The molecule has 106 valence electrons. The summed E-state index contributed by atoms with van der Waals surface area (Å²) >= 11 is 1.47. The lowest BCUT2D eigenvalue weighted by Crippen LogP contribution is -2.22. The maximum absolute atomic E-state index is 11.9. The molecule has 0 aliphatic rings. The Kier molecular flexibility index (Phi) is 4.19. The van der Waals surface area contributed by atoms with Gasteiger partial charge in [-0.1, -0.05) is 0 Å². The van der Waals surface area contributed by atoms with E-state index >= 15 is 0 Å².